The second-order valence-corrected chi connectivity index (χ2v) is 4.14. The summed E-state index contributed by atoms with van der Waals surface area (Å²) in [5, 5.41) is 10.7. The SMILES string of the molecule is CCOC(=O)c1nc([N+](=O)[O-])cn1CCCCOC(C)=O. The van der Waals surface area contributed by atoms with E-state index < -0.39 is 16.7 Å². The predicted octanol–water partition coefficient (Wildman–Crippen LogP) is 1.31. The van der Waals surface area contributed by atoms with Crippen molar-refractivity contribution in [1.82, 2.24) is 9.55 Å². The molecule has 0 spiro atoms. The molecule has 0 amide bonds. The Morgan fingerprint density at radius 2 is 2.10 bits per heavy atom. The summed E-state index contributed by atoms with van der Waals surface area (Å²) in [6.45, 7) is 3.72. The van der Waals surface area contributed by atoms with Crippen molar-refractivity contribution in [3.63, 3.8) is 0 Å². The van der Waals surface area contributed by atoms with Gasteiger partial charge in [0.05, 0.1) is 13.2 Å². The molecule has 0 unspecified atom stereocenters. The first-order valence-corrected chi connectivity index (χ1v) is 6.47. The number of nitro groups is 1. The molecule has 0 N–H and O–H groups in total. The van der Waals surface area contributed by atoms with Gasteiger partial charge in [-0.3, -0.25) is 9.36 Å². The maximum atomic E-state index is 11.7. The van der Waals surface area contributed by atoms with Crippen molar-refractivity contribution in [3.8, 4) is 0 Å². The molecule has 1 aromatic heterocycles. The van der Waals surface area contributed by atoms with Gasteiger partial charge < -0.3 is 19.6 Å². The van der Waals surface area contributed by atoms with Crippen molar-refractivity contribution >= 4 is 17.8 Å². The highest BCUT2D eigenvalue weighted by Gasteiger charge is 2.25. The first-order chi connectivity index (χ1) is 9.95. The third-order valence-electron chi connectivity index (χ3n) is 2.51. The van der Waals surface area contributed by atoms with Crippen molar-refractivity contribution in [2.75, 3.05) is 13.2 Å². The monoisotopic (exact) mass is 299 g/mol. The largest absolute Gasteiger partial charge is 0.466 e. The molecule has 0 bridgehead atoms. The number of nitrogens with zero attached hydrogens (tertiary/aromatic N) is 3. The molecule has 1 aromatic rings. The Labute approximate surface area is 121 Å². The normalized spacial score (nSPS) is 10.2. The molecule has 9 heteroatoms. The zero-order valence-corrected chi connectivity index (χ0v) is 11.9. The molecule has 0 radical (unpaired) electrons. The fraction of sp³-hybridized carbons (Fsp3) is 0.583. The van der Waals surface area contributed by atoms with Gasteiger partial charge in [-0.2, -0.15) is 0 Å². The van der Waals surface area contributed by atoms with Crippen LogP contribution in [0.2, 0.25) is 0 Å². The van der Waals surface area contributed by atoms with Crippen molar-refractivity contribution in [2.45, 2.75) is 33.2 Å². The van der Waals surface area contributed by atoms with E-state index >= 15 is 0 Å². The van der Waals surface area contributed by atoms with E-state index in [1.807, 2.05) is 0 Å². The van der Waals surface area contributed by atoms with Crippen LogP contribution in [0.25, 0.3) is 0 Å². The predicted molar refractivity (Wildman–Crippen MR) is 70.7 cm³/mol. The Balaban J connectivity index is 2.68. The lowest BCUT2D eigenvalue weighted by Crippen LogP contribution is -2.13. The highest BCUT2D eigenvalue weighted by molar-refractivity contribution is 5.86. The molecule has 9 nitrogen and oxygen atoms in total. The van der Waals surface area contributed by atoms with Gasteiger partial charge in [0.2, 0.25) is 0 Å². The first kappa shape index (κ1) is 16.6. The number of ether oxygens (including phenoxy) is 2. The quantitative estimate of drug-likeness (QED) is 0.307. The Kier molecular flexibility index (Phi) is 6.31. The minimum Gasteiger partial charge on any atom is -0.466 e. The van der Waals surface area contributed by atoms with E-state index in [0.29, 0.717) is 19.4 Å². The standard InChI is InChI=1S/C12H17N3O6/c1-3-20-12(17)11-13-10(15(18)19)8-14(11)6-4-5-7-21-9(2)16/h8H,3-7H2,1-2H3. The first-order valence-electron chi connectivity index (χ1n) is 6.47. The summed E-state index contributed by atoms with van der Waals surface area (Å²) in [6, 6.07) is 0. The zero-order valence-electron chi connectivity index (χ0n) is 11.9. The molecule has 1 heterocycles. The number of aryl methyl sites for hydroxylation is 1. The van der Waals surface area contributed by atoms with E-state index in [-0.39, 0.29) is 25.0 Å². The summed E-state index contributed by atoms with van der Waals surface area (Å²) in [4.78, 5) is 36.0. The zero-order chi connectivity index (χ0) is 15.8. The number of imidazole rings is 1. The van der Waals surface area contributed by atoms with Gasteiger partial charge in [-0.15, -0.1) is 0 Å². The number of hydrogen-bond acceptors (Lipinski definition) is 7. The minimum absolute atomic E-state index is 0.101. The number of aromatic nitrogens is 2. The lowest BCUT2D eigenvalue weighted by molar-refractivity contribution is -0.389. The van der Waals surface area contributed by atoms with Crippen LogP contribution in [0.1, 0.15) is 37.3 Å². The molecule has 0 fully saturated rings. The van der Waals surface area contributed by atoms with Crippen molar-refractivity contribution in [1.29, 1.82) is 0 Å². The third kappa shape index (κ3) is 5.21. The van der Waals surface area contributed by atoms with Crippen molar-refractivity contribution < 1.29 is 24.0 Å². The van der Waals surface area contributed by atoms with E-state index in [9.17, 15) is 19.7 Å². The fourth-order valence-electron chi connectivity index (χ4n) is 1.62. The fourth-order valence-corrected chi connectivity index (χ4v) is 1.62. The van der Waals surface area contributed by atoms with Gasteiger partial charge in [0.25, 0.3) is 0 Å². The molecule has 116 valence electrons. The summed E-state index contributed by atoms with van der Waals surface area (Å²) in [7, 11) is 0. The number of unbranched alkanes of at least 4 members (excludes halogenated alkanes) is 1. The maximum absolute atomic E-state index is 11.7. The van der Waals surface area contributed by atoms with Crippen LogP contribution in [0.4, 0.5) is 5.82 Å². The summed E-state index contributed by atoms with van der Waals surface area (Å²) >= 11 is 0. The second-order valence-electron chi connectivity index (χ2n) is 4.14. The van der Waals surface area contributed by atoms with Crippen LogP contribution >= 0.6 is 0 Å². The molecule has 0 aromatic carbocycles. The highest BCUT2D eigenvalue weighted by Crippen LogP contribution is 2.13. The summed E-state index contributed by atoms with van der Waals surface area (Å²) < 4.78 is 11.0. The van der Waals surface area contributed by atoms with Crippen LogP contribution in [0.15, 0.2) is 6.20 Å². The van der Waals surface area contributed by atoms with Crippen LogP contribution in [0.5, 0.6) is 0 Å². The van der Waals surface area contributed by atoms with E-state index in [0.717, 1.165) is 0 Å². The molecular formula is C12H17N3O6. The van der Waals surface area contributed by atoms with Gasteiger partial charge in [-0.25, -0.2) is 4.79 Å². The van der Waals surface area contributed by atoms with Crippen LogP contribution in [0.3, 0.4) is 0 Å². The molecular weight excluding hydrogens is 282 g/mol. The highest BCUT2D eigenvalue weighted by atomic mass is 16.6. The average Bonchev–Trinajstić information content (AvgIpc) is 2.82. The molecule has 0 aliphatic carbocycles. The van der Waals surface area contributed by atoms with Crippen LogP contribution in [-0.2, 0) is 20.8 Å². The van der Waals surface area contributed by atoms with E-state index in [1.54, 1.807) is 6.92 Å². The third-order valence-corrected chi connectivity index (χ3v) is 2.51. The van der Waals surface area contributed by atoms with Crippen molar-refractivity contribution in [3.05, 3.63) is 22.1 Å². The van der Waals surface area contributed by atoms with Gasteiger partial charge >= 0.3 is 23.6 Å². The Morgan fingerprint density at radius 3 is 2.67 bits per heavy atom. The van der Waals surface area contributed by atoms with E-state index in [1.165, 1.54) is 17.7 Å². The van der Waals surface area contributed by atoms with Crippen LogP contribution in [-0.4, -0.2) is 39.6 Å². The summed E-state index contributed by atoms with van der Waals surface area (Å²) in [5.41, 5.74) is 0. The molecule has 0 saturated heterocycles. The minimum atomic E-state index is -0.703. The van der Waals surface area contributed by atoms with Crippen LogP contribution in [0, 0.1) is 10.1 Å². The average molecular weight is 299 g/mol. The van der Waals surface area contributed by atoms with Gasteiger partial charge in [0, 0.05) is 13.5 Å². The van der Waals surface area contributed by atoms with E-state index in [2.05, 4.69) is 4.98 Å². The molecule has 0 aliphatic heterocycles. The number of carbonyl (C=O) groups excluding carboxylic acids is 2. The topological polar surface area (TPSA) is 114 Å². The van der Waals surface area contributed by atoms with Gasteiger partial charge in [0.15, 0.2) is 0 Å². The van der Waals surface area contributed by atoms with Gasteiger partial charge in [-0.1, -0.05) is 0 Å². The van der Waals surface area contributed by atoms with Crippen LogP contribution < -0.4 is 0 Å². The lowest BCUT2D eigenvalue weighted by atomic mass is 10.3. The lowest BCUT2D eigenvalue weighted by Gasteiger charge is -2.04. The summed E-state index contributed by atoms with van der Waals surface area (Å²) in [6.07, 6.45) is 2.35. The Hall–Kier alpha value is -2.45. The second kappa shape index (κ2) is 7.98. The Morgan fingerprint density at radius 1 is 1.38 bits per heavy atom. The van der Waals surface area contributed by atoms with Gasteiger partial charge in [0.1, 0.15) is 6.20 Å². The number of rotatable bonds is 8. The Bertz CT molecular complexity index is 525. The maximum Gasteiger partial charge on any atom is 0.401 e. The van der Waals surface area contributed by atoms with Crippen molar-refractivity contribution in [2.24, 2.45) is 0 Å². The smallest absolute Gasteiger partial charge is 0.401 e. The summed E-state index contributed by atoms with van der Waals surface area (Å²) in [5.74, 6) is -1.57. The number of esters is 2. The molecule has 0 saturated carbocycles. The molecule has 1 rings (SSSR count). The number of hydrogen-bond donors (Lipinski definition) is 0. The van der Waals surface area contributed by atoms with E-state index in [4.69, 9.17) is 9.47 Å². The molecule has 0 atom stereocenters. The molecule has 0 aliphatic rings. The van der Waals surface area contributed by atoms with Gasteiger partial charge in [-0.05, 0) is 29.7 Å². The number of carbonyl (C=O) groups is 2. The molecule has 21 heavy (non-hydrogen) atoms.